The van der Waals surface area contributed by atoms with Gasteiger partial charge in [0.15, 0.2) is 0 Å². The maximum absolute atomic E-state index is 12.5. The summed E-state index contributed by atoms with van der Waals surface area (Å²) in [6.07, 6.45) is 5.02. The minimum Gasteiger partial charge on any atom is -0.349 e. The molecule has 0 bridgehead atoms. The van der Waals surface area contributed by atoms with Gasteiger partial charge in [0, 0.05) is 26.1 Å². The normalized spacial score (nSPS) is 19.8. The highest BCUT2D eigenvalue weighted by Crippen LogP contribution is 2.29. The van der Waals surface area contributed by atoms with Crippen molar-refractivity contribution in [1.29, 1.82) is 0 Å². The van der Waals surface area contributed by atoms with Crippen molar-refractivity contribution in [2.45, 2.75) is 44.7 Å². The largest absolute Gasteiger partial charge is 0.349 e. The van der Waals surface area contributed by atoms with E-state index in [1.54, 1.807) is 0 Å². The predicted molar refractivity (Wildman–Crippen MR) is 100 cm³/mol. The van der Waals surface area contributed by atoms with Gasteiger partial charge in [-0.15, -0.1) is 0 Å². The Hall–Kier alpha value is -2.13. The molecule has 0 radical (unpaired) electrons. The quantitative estimate of drug-likeness (QED) is 0.926. The Morgan fingerprint density at radius 1 is 1.00 bits per heavy atom. The molecule has 0 spiro atoms. The van der Waals surface area contributed by atoms with E-state index in [0.29, 0.717) is 6.42 Å². The maximum atomic E-state index is 12.5. The van der Waals surface area contributed by atoms with Crippen LogP contribution in [0.2, 0.25) is 0 Å². The van der Waals surface area contributed by atoms with Crippen LogP contribution in [-0.2, 0) is 24.2 Å². The molecule has 1 amide bonds. The molecule has 1 unspecified atom stereocenters. The molecule has 0 saturated carbocycles. The minimum atomic E-state index is 0.181. The van der Waals surface area contributed by atoms with E-state index < -0.39 is 0 Å². The summed E-state index contributed by atoms with van der Waals surface area (Å²) in [4.78, 5) is 14.9. The third kappa shape index (κ3) is 3.77. The molecule has 0 aromatic heterocycles. The van der Waals surface area contributed by atoms with Crippen LogP contribution >= 0.6 is 0 Å². The van der Waals surface area contributed by atoms with E-state index in [1.165, 1.54) is 22.3 Å². The standard InChI is InChI=1S/C22H26N2O/c25-22(23-21-11-5-9-18-7-3-4-10-20(18)21)13-15-24-14-12-17-6-1-2-8-19(17)16-24/h1-4,6-8,10,21H,5,9,11-16H2,(H,23,25). The Balaban J connectivity index is 1.31. The first-order valence-electron chi connectivity index (χ1n) is 9.46. The van der Waals surface area contributed by atoms with Crippen LogP contribution in [0.25, 0.3) is 0 Å². The molecule has 3 heteroatoms. The Kier molecular flexibility index (Phi) is 4.84. The highest BCUT2D eigenvalue weighted by atomic mass is 16.1. The summed E-state index contributed by atoms with van der Waals surface area (Å²) in [5.74, 6) is 0.181. The molecule has 1 aliphatic heterocycles. The average Bonchev–Trinajstić information content (AvgIpc) is 2.66. The topological polar surface area (TPSA) is 32.3 Å². The summed E-state index contributed by atoms with van der Waals surface area (Å²) in [5.41, 5.74) is 5.58. The molecule has 0 fully saturated rings. The number of rotatable bonds is 4. The summed E-state index contributed by atoms with van der Waals surface area (Å²) in [7, 11) is 0. The lowest BCUT2D eigenvalue weighted by atomic mass is 9.87. The Morgan fingerprint density at radius 3 is 2.64 bits per heavy atom. The third-order valence-electron chi connectivity index (χ3n) is 5.57. The number of hydrogen-bond acceptors (Lipinski definition) is 2. The first-order valence-corrected chi connectivity index (χ1v) is 9.46. The van der Waals surface area contributed by atoms with Gasteiger partial charge in [-0.1, -0.05) is 48.5 Å². The van der Waals surface area contributed by atoms with Crippen LogP contribution in [0, 0.1) is 0 Å². The summed E-state index contributed by atoms with van der Waals surface area (Å²) in [6.45, 7) is 2.86. The summed E-state index contributed by atoms with van der Waals surface area (Å²) in [6, 6.07) is 17.4. The van der Waals surface area contributed by atoms with Crippen molar-refractivity contribution in [2.24, 2.45) is 0 Å². The SMILES string of the molecule is O=C(CCN1CCc2ccccc2C1)NC1CCCc2ccccc21. The fourth-order valence-electron chi connectivity index (χ4n) is 4.18. The molecular weight excluding hydrogens is 308 g/mol. The van der Waals surface area contributed by atoms with Gasteiger partial charge in [-0.2, -0.15) is 0 Å². The molecule has 2 aromatic rings. The molecular formula is C22H26N2O. The van der Waals surface area contributed by atoms with E-state index in [2.05, 4.69) is 58.7 Å². The Bertz CT molecular complexity index is 755. The highest BCUT2D eigenvalue weighted by molar-refractivity contribution is 5.76. The van der Waals surface area contributed by atoms with Crippen LogP contribution < -0.4 is 5.32 Å². The van der Waals surface area contributed by atoms with E-state index >= 15 is 0 Å². The Labute approximate surface area is 150 Å². The number of amides is 1. The first kappa shape index (κ1) is 16.3. The molecule has 1 aliphatic carbocycles. The number of benzene rings is 2. The maximum Gasteiger partial charge on any atom is 0.221 e. The molecule has 25 heavy (non-hydrogen) atoms. The third-order valence-corrected chi connectivity index (χ3v) is 5.57. The highest BCUT2D eigenvalue weighted by Gasteiger charge is 2.22. The van der Waals surface area contributed by atoms with E-state index in [4.69, 9.17) is 0 Å². The Morgan fingerprint density at radius 2 is 1.76 bits per heavy atom. The number of nitrogens with one attached hydrogen (secondary N) is 1. The number of carbonyl (C=O) groups excluding carboxylic acids is 1. The van der Waals surface area contributed by atoms with Gasteiger partial charge in [-0.05, 0) is 47.9 Å². The molecule has 130 valence electrons. The fraction of sp³-hybridized carbons (Fsp3) is 0.409. The number of carbonyl (C=O) groups is 1. The van der Waals surface area contributed by atoms with Crippen molar-refractivity contribution in [1.82, 2.24) is 10.2 Å². The summed E-state index contributed by atoms with van der Waals surface area (Å²) >= 11 is 0. The predicted octanol–water partition coefficient (Wildman–Crippen LogP) is 3.63. The van der Waals surface area contributed by atoms with Gasteiger partial charge in [0.25, 0.3) is 0 Å². The molecule has 1 atom stereocenters. The van der Waals surface area contributed by atoms with Crippen LogP contribution in [0.3, 0.4) is 0 Å². The van der Waals surface area contributed by atoms with Crippen molar-refractivity contribution in [2.75, 3.05) is 13.1 Å². The van der Waals surface area contributed by atoms with Crippen molar-refractivity contribution >= 4 is 5.91 Å². The monoisotopic (exact) mass is 334 g/mol. The van der Waals surface area contributed by atoms with Crippen LogP contribution in [0.4, 0.5) is 0 Å². The van der Waals surface area contributed by atoms with E-state index in [9.17, 15) is 4.79 Å². The lowest BCUT2D eigenvalue weighted by molar-refractivity contribution is -0.122. The van der Waals surface area contributed by atoms with E-state index in [0.717, 1.165) is 45.3 Å². The van der Waals surface area contributed by atoms with Gasteiger partial charge in [0.05, 0.1) is 6.04 Å². The fourth-order valence-corrected chi connectivity index (χ4v) is 4.18. The van der Waals surface area contributed by atoms with Crippen LogP contribution in [0.1, 0.15) is 47.6 Å². The summed E-state index contributed by atoms with van der Waals surface area (Å²) in [5, 5.41) is 3.27. The zero-order valence-electron chi connectivity index (χ0n) is 14.7. The van der Waals surface area contributed by atoms with Crippen molar-refractivity contribution in [3.8, 4) is 0 Å². The lowest BCUT2D eigenvalue weighted by Gasteiger charge is -2.29. The van der Waals surface area contributed by atoms with Crippen LogP contribution in [-0.4, -0.2) is 23.9 Å². The number of hydrogen-bond donors (Lipinski definition) is 1. The van der Waals surface area contributed by atoms with Gasteiger partial charge < -0.3 is 5.32 Å². The van der Waals surface area contributed by atoms with Crippen LogP contribution in [0.5, 0.6) is 0 Å². The molecule has 2 aliphatic rings. The molecule has 0 saturated heterocycles. The zero-order valence-corrected chi connectivity index (χ0v) is 14.7. The first-order chi connectivity index (χ1) is 12.3. The van der Waals surface area contributed by atoms with Gasteiger partial charge in [-0.3, -0.25) is 9.69 Å². The molecule has 1 N–H and O–H groups in total. The van der Waals surface area contributed by atoms with Crippen molar-refractivity contribution in [3.63, 3.8) is 0 Å². The second-order valence-electron chi connectivity index (χ2n) is 7.26. The van der Waals surface area contributed by atoms with Crippen molar-refractivity contribution in [3.05, 3.63) is 70.8 Å². The minimum absolute atomic E-state index is 0.181. The second-order valence-corrected chi connectivity index (χ2v) is 7.26. The smallest absolute Gasteiger partial charge is 0.221 e. The van der Waals surface area contributed by atoms with Gasteiger partial charge in [-0.25, -0.2) is 0 Å². The number of fused-ring (bicyclic) bond motifs is 2. The van der Waals surface area contributed by atoms with Crippen LogP contribution in [0.15, 0.2) is 48.5 Å². The lowest BCUT2D eigenvalue weighted by Crippen LogP contribution is -2.36. The van der Waals surface area contributed by atoms with Crippen molar-refractivity contribution < 1.29 is 4.79 Å². The summed E-state index contributed by atoms with van der Waals surface area (Å²) < 4.78 is 0. The number of aryl methyl sites for hydroxylation is 1. The van der Waals surface area contributed by atoms with E-state index in [1.807, 2.05) is 0 Å². The second kappa shape index (κ2) is 7.40. The average molecular weight is 334 g/mol. The van der Waals surface area contributed by atoms with Gasteiger partial charge in [0.2, 0.25) is 5.91 Å². The zero-order chi connectivity index (χ0) is 17.1. The molecule has 1 heterocycles. The molecule has 4 rings (SSSR count). The molecule has 3 nitrogen and oxygen atoms in total. The van der Waals surface area contributed by atoms with Gasteiger partial charge in [0.1, 0.15) is 0 Å². The van der Waals surface area contributed by atoms with E-state index in [-0.39, 0.29) is 11.9 Å². The number of nitrogens with zero attached hydrogens (tertiary/aromatic N) is 1. The van der Waals surface area contributed by atoms with Gasteiger partial charge >= 0.3 is 0 Å². The molecule has 2 aromatic carbocycles.